The van der Waals surface area contributed by atoms with Gasteiger partial charge in [0.1, 0.15) is 0 Å². The molecule has 3 unspecified atom stereocenters. The lowest BCUT2D eigenvalue weighted by atomic mass is 9.68. The van der Waals surface area contributed by atoms with Crippen molar-refractivity contribution in [2.24, 2.45) is 11.8 Å². The first-order chi connectivity index (χ1) is 7.41. The van der Waals surface area contributed by atoms with Gasteiger partial charge in [-0.3, -0.25) is 0 Å². The molecule has 0 saturated heterocycles. The van der Waals surface area contributed by atoms with Crippen LogP contribution < -0.4 is 0 Å². The summed E-state index contributed by atoms with van der Waals surface area (Å²) < 4.78 is 27.4. The van der Waals surface area contributed by atoms with E-state index >= 15 is 0 Å². The predicted octanol–water partition coefficient (Wildman–Crippen LogP) is 1.64. The molecular formula is C11H20O4S. The highest BCUT2D eigenvalue weighted by Gasteiger charge is 2.48. The van der Waals surface area contributed by atoms with Crippen LogP contribution in [0.3, 0.4) is 0 Å². The van der Waals surface area contributed by atoms with Crippen LogP contribution in [0.15, 0.2) is 0 Å². The van der Waals surface area contributed by atoms with E-state index in [9.17, 15) is 13.5 Å². The Morgan fingerprint density at radius 1 is 1.19 bits per heavy atom. The highest BCUT2D eigenvalue weighted by molar-refractivity contribution is 7.86. The van der Waals surface area contributed by atoms with Crippen LogP contribution in [0.2, 0.25) is 0 Å². The van der Waals surface area contributed by atoms with Gasteiger partial charge >= 0.3 is 0 Å². The molecule has 0 aromatic carbocycles. The lowest BCUT2D eigenvalue weighted by Crippen LogP contribution is -2.49. The quantitative estimate of drug-likeness (QED) is 0.596. The molecule has 94 valence electrons. The first-order valence-corrected chi connectivity index (χ1v) is 7.85. The van der Waals surface area contributed by atoms with Gasteiger partial charge in [0.05, 0.1) is 6.26 Å². The molecule has 0 heterocycles. The maximum atomic E-state index is 11.2. The number of aliphatic hydroxyl groups is 1. The summed E-state index contributed by atoms with van der Waals surface area (Å²) in [6.07, 6.45) is 7.65. The number of fused-ring (bicyclic) bond motifs is 1. The SMILES string of the molecule is CS(=O)(=O)OC1(O)CCCC2CCCCC21. The van der Waals surface area contributed by atoms with Gasteiger partial charge in [-0.05, 0) is 31.6 Å². The molecule has 0 aromatic heterocycles. The summed E-state index contributed by atoms with van der Waals surface area (Å²) in [6, 6.07) is 0. The molecule has 0 bridgehead atoms. The number of hydrogen-bond acceptors (Lipinski definition) is 4. The maximum Gasteiger partial charge on any atom is 0.267 e. The zero-order chi connectivity index (χ0) is 11.8. The number of rotatable bonds is 2. The fraction of sp³-hybridized carbons (Fsp3) is 1.00. The molecule has 2 aliphatic carbocycles. The minimum absolute atomic E-state index is 0.00437. The zero-order valence-corrected chi connectivity index (χ0v) is 10.5. The summed E-state index contributed by atoms with van der Waals surface area (Å²) in [6.45, 7) is 0. The summed E-state index contributed by atoms with van der Waals surface area (Å²) in [4.78, 5) is 0. The van der Waals surface area contributed by atoms with Crippen LogP contribution in [-0.2, 0) is 14.3 Å². The van der Waals surface area contributed by atoms with Crippen LogP contribution in [0.25, 0.3) is 0 Å². The first-order valence-electron chi connectivity index (χ1n) is 6.04. The third-order valence-electron chi connectivity index (χ3n) is 3.89. The minimum Gasteiger partial charge on any atom is -0.364 e. The van der Waals surface area contributed by atoms with Crippen LogP contribution in [0.5, 0.6) is 0 Å². The molecule has 2 aliphatic rings. The third-order valence-corrected chi connectivity index (χ3v) is 4.49. The Bertz CT molecular complexity index is 349. The second-order valence-electron chi connectivity index (χ2n) is 5.18. The van der Waals surface area contributed by atoms with Crippen molar-refractivity contribution in [1.29, 1.82) is 0 Å². The van der Waals surface area contributed by atoms with Crippen molar-refractivity contribution < 1.29 is 17.7 Å². The van der Waals surface area contributed by atoms with E-state index in [-0.39, 0.29) is 5.92 Å². The topological polar surface area (TPSA) is 63.6 Å². The largest absolute Gasteiger partial charge is 0.364 e. The maximum absolute atomic E-state index is 11.2. The van der Waals surface area contributed by atoms with Crippen molar-refractivity contribution in [3.05, 3.63) is 0 Å². The average Bonchev–Trinajstić information content (AvgIpc) is 2.15. The molecule has 0 aliphatic heterocycles. The summed E-state index contributed by atoms with van der Waals surface area (Å²) in [7, 11) is -3.58. The summed E-state index contributed by atoms with van der Waals surface area (Å²) in [5.74, 6) is -0.990. The molecule has 16 heavy (non-hydrogen) atoms. The first kappa shape index (κ1) is 12.3. The van der Waals surface area contributed by atoms with E-state index in [0.29, 0.717) is 12.3 Å². The van der Waals surface area contributed by atoms with E-state index in [0.717, 1.165) is 38.4 Å². The molecule has 3 atom stereocenters. The van der Waals surface area contributed by atoms with E-state index < -0.39 is 15.9 Å². The smallest absolute Gasteiger partial charge is 0.267 e. The fourth-order valence-electron chi connectivity index (χ4n) is 3.32. The Balaban J connectivity index is 2.17. The molecular weight excluding hydrogens is 228 g/mol. The van der Waals surface area contributed by atoms with Gasteiger partial charge in [0.15, 0.2) is 5.79 Å². The minimum atomic E-state index is -3.58. The number of hydrogen-bond donors (Lipinski definition) is 1. The van der Waals surface area contributed by atoms with Crippen molar-refractivity contribution in [2.75, 3.05) is 6.26 Å². The van der Waals surface area contributed by atoms with Crippen molar-refractivity contribution in [3.8, 4) is 0 Å². The van der Waals surface area contributed by atoms with E-state index in [1.54, 1.807) is 0 Å². The predicted molar refractivity (Wildman–Crippen MR) is 60.2 cm³/mol. The van der Waals surface area contributed by atoms with Crippen LogP contribution in [0.4, 0.5) is 0 Å². The molecule has 0 spiro atoms. The second-order valence-corrected chi connectivity index (χ2v) is 6.75. The summed E-state index contributed by atoms with van der Waals surface area (Å²) in [5, 5.41) is 10.4. The van der Waals surface area contributed by atoms with Crippen LogP contribution >= 0.6 is 0 Å². The standard InChI is InChI=1S/C11H20O4S/c1-16(13,14)15-11(12)8-4-6-9-5-2-3-7-10(9)11/h9-10,12H,2-8H2,1H3. The highest BCUT2D eigenvalue weighted by atomic mass is 32.2. The molecule has 0 aromatic rings. The molecule has 2 fully saturated rings. The third kappa shape index (κ3) is 2.57. The van der Waals surface area contributed by atoms with Gasteiger partial charge in [-0.15, -0.1) is 0 Å². The Kier molecular flexibility index (Phi) is 3.29. The Morgan fingerprint density at radius 2 is 1.81 bits per heavy atom. The molecule has 5 heteroatoms. The van der Waals surface area contributed by atoms with Gasteiger partial charge in [0.25, 0.3) is 10.1 Å². The summed E-state index contributed by atoms with van der Waals surface area (Å²) >= 11 is 0. The van der Waals surface area contributed by atoms with Crippen molar-refractivity contribution in [1.82, 2.24) is 0 Å². The van der Waals surface area contributed by atoms with E-state index in [1.165, 1.54) is 6.42 Å². The Labute approximate surface area is 97.1 Å². The van der Waals surface area contributed by atoms with Gasteiger partial charge in [-0.1, -0.05) is 12.8 Å². The molecule has 2 rings (SSSR count). The Hall–Kier alpha value is -0.130. The van der Waals surface area contributed by atoms with Crippen molar-refractivity contribution in [3.63, 3.8) is 0 Å². The van der Waals surface area contributed by atoms with Crippen molar-refractivity contribution >= 4 is 10.1 Å². The Morgan fingerprint density at radius 3 is 2.50 bits per heavy atom. The fourth-order valence-corrected chi connectivity index (χ4v) is 4.05. The van der Waals surface area contributed by atoms with E-state index in [2.05, 4.69) is 0 Å². The van der Waals surface area contributed by atoms with Crippen molar-refractivity contribution in [2.45, 2.75) is 50.7 Å². The normalized spacial score (nSPS) is 40.4. The van der Waals surface area contributed by atoms with Gasteiger partial charge < -0.3 is 5.11 Å². The van der Waals surface area contributed by atoms with Gasteiger partial charge in [0.2, 0.25) is 0 Å². The molecule has 2 saturated carbocycles. The van der Waals surface area contributed by atoms with Gasteiger partial charge in [0, 0.05) is 12.3 Å². The van der Waals surface area contributed by atoms with Crippen LogP contribution in [0.1, 0.15) is 44.9 Å². The lowest BCUT2D eigenvalue weighted by Gasteiger charge is -2.45. The lowest BCUT2D eigenvalue weighted by molar-refractivity contribution is -0.214. The average molecular weight is 248 g/mol. The summed E-state index contributed by atoms with van der Waals surface area (Å²) in [5.41, 5.74) is 0. The second kappa shape index (κ2) is 4.27. The molecule has 0 radical (unpaired) electrons. The molecule has 4 nitrogen and oxygen atoms in total. The highest BCUT2D eigenvalue weighted by Crippen LogP contribution is 2.46. The molecule has 1 N–H and O–H groups in total. The van der Waals surface area contributed by atoms with Crippen LogP contribution in [-0.4, -0.2) is 25.6 Å². The van der Waals surface area contributed by atoms with E-state index in [1.807, 2.05) is 0 Å². The zero-order valence-electron chi connectivity index (χ0n) is 9.68. The van der Waals surface area contributed by atoms with Crippen LogP contribution in [0, 0.1) is 11.8 Å². The molecule has 0 amide bonds. The van der Waals surface area contributed by atoms with E-state index in [4.69, 9.17) is 4.18 Å². The van der Waals surface area contributed by atoms with Gasteiger partial charge in [-0.25, -0.2) is 4.18 Å². The monoisotopic (exact) mass is 248 g/mol. The van der Waals surface area contributed by atoms with Gasteiger partial charge in [-0.2, -0.15) is 8.42 Å².